The van der Waals surface area contributed by atoms with Crippen LogP contribution in [0.3, 0.4) is 0 Å². The predicted octanol–water partition coefficient (Wildman–Crippen LogP) is 21.5. The van der Waals surface area contributed by atoms with Gasteiger partial charge in [-0.1, -0.05) is 194 Å². The van der Waals surface area contributed by atoms with E-state index in [4.69, 9.17) is 8.83 Å². The lowest BCUT2D eigenvalue weighted by molar-refractivity contribution is 0.668. The van der Waals surface area contributed by atoms with Crippen LogP contribution in [0.5, 0.6) is 0 Å². The Morgan fingerprint density at radius 1 is 0.205 bits per heavy atom. The van der Waals surface area contributed by atoms with Crippen LogP contribution in [0, 0.1) is 0 Å². The molecule has 4 nitrogen and oxygen atoms in total. The van der Waals surface area contributed by atoms with Crippen LogP contribution in [0.1, 0.15) is 0 Å². The highest BCUT2D eigenvalue weighted by atomic mass is 16.3. The first-order valence-corrected chi connectivity index (χ1v) is 26.6. The van der Waals surface area contributed by atoms with Crippen molar-refractivity contribution < 1.29 is 8.83 Å². The molecule has 2 aromatic heterocycles. The van der Waals surface area contributed by atoms with Gasteiger partial charge in [0.15, 0.2) is 0 Å². The number of fused-ring (bicyclic) bond motifs is 13. The molecule has 0 aliphatic rings. The van der Waals surface area contributed by atoms with Gasteiger partial charge in [-0.3, -0.25) is 0 Å². The van der Waals surface area contributed by atoms with Gasteiger partial charge in [0, 0.05) is 78.3 Å². The van der Waals surface area contributed by atoms with Crippen molar-refractivity contribution in [2.75, 3.05) is 9.80 Å². The molecule has 2 heterocycles. The molecule has 0 saturated heterocycles. The third-order valence-corrected chi connectivity index (χ3v) is 15.9. The lowest BCUT2D eigenvalue weighted by Crippen LogP contribution is -2.12. The largest absolute Gasteiger partial charge is 0.456 e. The molecule has 0 N–H and O–H groups in total. The van der Waals surface area contributed by atoms with Crippen LogP contribution in [0.4, 0.5) is 34.1 Å². The molecule has 0 aliphatic heterocycles. The highest BCUT2D eigenvalue weighted by molar-refractivity contribution is 6.25. The fourth-order valence-corrected chi connectivity index (χ4v) is 12.5. The maximum atomic E-state index is 6.95. The van der Waals surface area contributed by atoms with E-state index in [9.17, 15) is 0 Å². The zero-order valence-electron chi connectivity index (χ0n) is 42.3. The lowest BCUT2D eigenvalue weighted by atomic mass is 9.90. The van der Waals surface area contributed by atoms with Gasteiger partial charge in [-0.2, -0.15) is 0 Å². The van der Waals surface area contributed by atoms with Crippen molar-refractivity contribution in [2.24, 2.45) is 0 Å². The van der Waals surface area contributed by atoms with Gasteiger partial charge in [0.2, 0.25) is 0 Å². The zero-order valence-corrected chi connectivity index (χ0v) is 42.3. The van der Waals surface area contributed by atoms with Crippen molar-refractivity contribution in [3.63, 3.8) is 0 Å². The van der Waals surface area contributed by atoms with Crippen LogP contribution in [0.25, 0.3) is 120 Å². The number of hydrogen-bond donors (Lipinski definition) is 0. The van der Waals surface area contributed by atoms with E-state index < -0.39 is 0 Å². The number of nitrogens with zero attached hydrogens (tertiary/aromatic N) is 2. The van der Waals surface area contributed by atoms with E-state index in [-0.39, 0.29) is 0 Å². The van der Waals surface area contributed by atoms with Gasteiger partial charge < -0.3 is 18.6 Å². The van der Waals surface area contributed by atoms with Crippen molar-refractivity contribution in [1.82, 2.24) is 0 Å². The fraction of sp³-hybridized carbons (Fsp3) is 0. The predicted molar refractivity (Wildman–Crippen MR) is 329 cm³/mol. The maximum Gasteiger partial charge on any atom is 0.137 e. The molecule has 0 radical (unpaired) electrons. The quantitative estimate of drug-likeness (QED) is 0.142. The second-order valence-corrected chi connectivity index (χ2v) is 20.3. The maximum absolute atomic E-state index is 6.95. The zero-order chi connectivity index (χ0) is 51.3. The van der Waals surface area contributed by atoms with E-state index in [0.29, 0.717) is 0 Å². The monoisotopic (exact) mass is 994 g/mol. The minimum Gasteiger partial charge on any atom is -0.456 e. The van der Waals surface area contributed by atoms with Gasteiger partial charge in [-0.25, -0.2) is 0 Å². The van der Waals surface area contributed by atoms with E-state index in [2.05, 4.69) is 289 Å². The molecule has 0 atom stereocenters. The molecule has 0 fully saturated rings. The average molecular weight is 995 g/mol. The number of rotatable bonds is 8. The lowest BCUT2D eigenvalue weighted by Gasteiger charge is -2.30. The van der Waals surface area contributed by atoms with Crippen LogP contribution >= 0.6 is 0 Å². The summed E-state index contributed by atoms with van der Waals surface area (Å²) in [5.41, 5.74) is 14.4. The number of anilines is 6. The van der Waals surface area contributed by atoms with Crippen molar-refractivity contribution in [1.29, 1.82) is 0 Å². The first-order valence-electron chi connectivity index (χ1n) is 26.6. The van der Waals surface area contributed by atoms with Crippen molar-refractivity contribution in [2.45, 2.75) is 0 Å². The van der Waals surface area contributed by atoms with Crippen LogP contribution in [-0.2, 0) is 0 Å². The van der Waals surface area contributed by atoms with Crippen LogP contribution in [0.15, 0.2) is 288 Å². The Bertz CT molecular complexity index is 4710. The summed E-state index contributed by atoms with van der Waals surface area (Å²) in [5, 5.41) is 16.0. The van der Waals surface area contributed by atoms with E-state index >= 15 is 0 Å². The summed E-state index contributed by atoms with van der Waals surface area (Å²) in [7, 11) is 0. The molecule has 0 unspecified atom stereocenters. The molecule has 0 spiro atoms. The molecule has 14 aromatic carbocycles. The Labute approximate surface area is 449 Å². The summed E-state index contributed by atoms with van der Waals surface area (Å²) in [6, 6.07) is 101. The topological polar surface area (TPSA) is 32.8 Å². The van der Waals surface area contributed by atoms with Crippen molar-refractivity contribution in [3.05, 3.63) is 279 Å². The van der Waals surface area contributed by atoms with E-state index in [0.717, 1.165) is 99.9 Å². The van der Waals surface area contributed by atoms with Crippen LogP contribution in [-0.4, -0.2) is 0 Å². The molecule has 0 bridgehead atoms. The SMILES string of the molecule is c1ccc(-c2c(N(c3ccccc3)c3ccc4c(c3)oc3cc5cc6c(cc5cc34)oc3cc(N(c4ccccc4)c4c(-c5ccccc5)c5ccccc5c5ccccc45)ccc36)c3ccccc3c3ccccc23)cc1. The molecule has 0 saturated carbocycles. The Kier molecular flexibility index (Phi) is 9.91. The molecule has 4 heteroatoms. The van der Waals surface area contributed by atoms with Gasteiger partial charge in [-0.15, -0.1) is 0 Å². The first-order chi connectivity index (χ1) is 38.7. The third kappa shape index (κ3) is 6.87. The molecule has 0 amide bonds. The smallest absolute Gasteiger partial charge is 0.137 e. The Balaban J connectivity index is 0.851. The Morgan fingerprint density at radius 3 is 0.897 bits per heavy atom. The standard InChI is InChI=1S/C74H46N2O2/c1-5-21-47(22-6-1)71-61-33-17-13-29-55(61)57-31-15-19-35-63(57)73(71)75(51-25-9-3-10-26-51)53-37-39-59-65-41-49-44-68-66(42-50(49)43-67(65)77-69(59)45-53)60-40-38-54(46-70(60)78-68)76(52-27-11-4-12-28-52)74-64-36-20-16-32-58(64)56-30-14-18-34-62(56)72(74)48-23-7-2-8-24-48/h1-46H. The van der Waals surface area contributed by atoms with E-state index in [1.54, 1.807) is 0 Å². The summed E-state index contributed by atoms with van der Waals surface area (Å²) in [6.07, 6.45) is 0. The minimum atomic E-state index is 0.823. The molecule has 0 aliphatic carbocycles. The Hall–Kier alpha value is -10.4. The molecular weight excluding hydrogens is 949 g/mol. The second kappa shape index (κ2) is 17.6. The summed E-state index contributed by atoms with van der Waals surface area (Å²) in [5.74, 6) is 0. The fourth-order valence-electron chi connectivity index (χ4n) is 12.5. The van der Waals surface area contributed by atoms with Crippen LogP contribution < -0.4 is 9.80 Å². The molecule has 16 rings (SSSR count). The number of para-hydroxylation sites is 2. The average Bonchev–Trinajstić information content (AvgIpc) is 4.19. The van der Waals surface area contributed by atoms with Gasteiger partial charge in [0.25, 0.3) is 0 Å². The van der Waals surface area contributed by atoms with Gasteiger partial charge in [-0.05, 0) is 127 Å². The highest BCUT2D eigenvalue weighted by Gasteiger charge is 2.27. The van der Waals surface area contributed by atoms with Crippen molar-refractivity contribution >= 4 is 132 Å². The van der Waals surface area contributed by atoms with Gasteiger partial charge in [0.05, 0.1) is 11.4 Å². The summed E-state index contributed by atoms with van der Waals surface area (Å²) in [6.45, 7) is 0. The molecule has 78 heavy (non-hydrogen) atoms. The minimum absolute atomic E-state index is 0.823. The summed E-state index contributed by atoms with van der Waals surface area (Å²) < 4.78 is 13.9. The molecule has 16 aromatic rings. The summed E-state index contributed by atoms with van der Waals surface area (Å²) in [4.78, 5) is 4.83. The van der Waals surface area contributed by atoms with Gasteiger partial charge in [0.1, 0.15) is 22.3 Å². The van der Waals surface area contributed by atoms with Crippen molar-refractivity contribution in [3.8, 4) is 22.3 Å². The number of benzene rings is 14. The van der Waals surface area contributed by atoms with Gasteiger partial charge >= 0.3 is 0 Å². The molecular formula is C74H46N2O2. The Morgan fingerprint density at radius 2 is 0.513 bits per heavy atom. The first kappa shape index (κ1) is 43.9. The second-order valence-electron chi connectivity index (χ2n) is 20.3. The number of furan rings is 2. The number of hydrogen-bond acceptors (Lipinski definition) is 4. The normalized spacial score (nSPS) is 11.8. The highest BCUT2D eigenvalue weighted by Crippen LogP contribution is 2.52. The van der Waals surface area contributed by atoms with E-state index in [1.165, 1.54) is 54.2 Å². The molecule has 364 valence electrons. The van der Waals surface area contributed by atoms with Crippen LogP contribution in [0.2, 0.25) is 0 Å². The summed E-state index contributed by atoms with van der Waals surface area (Å²) >= 11 is 0. The van der Waals surface area contributed by atoms with E-state index in [1.807, 2.05) is 0 Å². The third-order valence-electron chi connectivity index (χ3n) is 15.9.